The fraction of sp³-hybridized carbons (Fsp3) is 0.312. The van der Waals surface area contributed by atoms with Gasteiger partial charge in [0.05, 0.1) is 5.70 Å². The Kier molecular flexibility index (Phi) is 3.58. The van der Waals surface area contributed by atoms with Gasteiger partial charge in [-0.1, -0.05) is 24.3 Å². The molecule has 4 amide bonds. The average molecular weight is 344 g/mol. The molecule has 7 nitrogen and oxygen atoms in total. The molecular formula is C16H16N4O3S. The lowest BCUT2D eigenvalue weighted by atomic mass is 10.00. The van der Waals surface area contributed by atoms with Crippen molar-refractivity contribution < 1.29 is 14.4 Å². The first-order valence-electron chi connectivity index (χ1n) is 7.67. The first-order chi connectivity index (χ1) is 11.6. The second-order valence-corrected chi connectivity index (χ2v) is 6.82. The summed E-state index contributed by atoms with van der Waals surface area (Å²) in [5, 5.41) is 2.66. The summed E-state index contributed by atoms with van der Waals surface area (Å²) in [4.78, 5) is 40.1. The number of urea groups is 1. The number of rotatable bonds is 1. The standard InChI is InChI=1S/C16H16N4O3S/c1-19-14(21)12-11(17-16(19)23)13(24-18-12)15(22)20-7-6-9-4-2-3-5-10(9)8-20/h2-5,12,18H,6-8H2,1H3,(H,17,23). The van der Waals surface area contributed by atoms with Crippen LogP contribution in [-0.4, -0.2) is 47.3 Å². The summed E-state index contributed by atoms with van der Waals surface area (Å²) in [7, 11) is 1.42. The van der Waals surface area contributed by atoms with E-state index in [1.807, 2.05) is 18.2 Å². The van der Waals surface area contributed by atoms with Gasteiger partial charge in [0.15, 0.2) is 0 Å². The maximum absolute atomic E-state index is 12.9. The molecular weight excluding hydrogens is 328 g/mol. The maximum Gasteiger partial charge on any atom is 0.328 e. The van der Waals surface area contributed by atoms with Crippen molar-refractivity contribution >= 4 is 29.8 Å². The second-order valence-electron chi connectivity index (χ2n) is 5.97. The summed E-state index contributed by atoms with van der Waals surface area (Å²) in [6.45, 7) is 1.17. The summed E-state index contributed by atoms with van der Waals surface area (Å²) in [6.07, 6.45) is 0.806. The highest BCUT2D eigenvalue weighted by Gasteiger charge is 2.43. The first-order valence-corrected chi connectivity index (χ1v) is 8.49. The molecule has 1 atom stereocenters. The number of nitrogens with zero attached hydrogens (tertiary/aromatic N) is 2. The number of likely N-dealkylation sites (N-methyl/N-ethyl adjacent to an activating group) is 1. The number of imide groups is 1. The number of nitrogens with one attached hydrogen (secondary N) is 2. The van der Waals surface area contributed by atoms with Crippen LogP contribution in [-0.2, 0) is 22.6 Å². The quantitative estimate of drug-likeness (QED) is 0.729. The molecule has 4 rings (SSSR count). The van der Waals surface area contributed by atoms with Crippen LogP contribution in [0.2, 0.25) is 0 Å². The van der Waals surface area contributed by atoms with E-state index in [9.17, 15) is 14.4 Å². The zero-order chi connectivity index (χ0) is 16.8. The molecule has 0 aliphatic carbocycles. The van der Waals surface area contributed by atoms with Gasteiger partial charge in [0.25, 0.3) is 11.8 Å². The second kappa shape index (κ2) is 5.64. The molecule has 24 heavy (non-hydrogen) atoms. The molecule has 0 aromatic heterocycles. The van der Waals surface area contributed by atoms with Gasteiger partial charge in [0.1, 0.15) is 10.9 Å². The lowest BCUT2D eigenvalue weighted by Crippen LogP contribution is -2.56. The molecule has 1 aromatic rings. The fourth-order valence-electron chi connectivity index (χ4n) is 3.13. The van der Waals surface area contributed by atoms with Gasteiger partial charge < -0.3 is 10.2 Å². The molecule has 3 aliphatic heterocycles. The van der Waals surface area contributed by atoms with Crippen molar-refractivity contribution in [1.29, 1.82) is 0 Å². The van der Waals surface area contributed by atoms with Crippen LogP contribution in [0.3, 0.4) is 0 Å². The zero-order valence-electron chi connectivity index (χ0n) is 13.0. The van der Waals surface area contributed by atoms with Crippen molar-refractivity contribution in [2.75, 3.05) is 13.6 Å². The SMILES string of the molecule is CN1C(=O)NC2=C(C(=O)N3CCc4ccccc4C3)SNC2C1=O. The normalized spacial score (nSPS) is 23.1. The molecule has 0 saturated carbocycles. The number of benzene rings is 1. The Hall–Kier alpha value is -2.32. The number of carbonyl (C=O) groups is 3. The largest absolute Gasteiger partial charge is 0.333 e. The van der Waals surface area contributed by atoms with Crippen molar-refractivity contribution in [3.05, 3.63) is 46.0 Å². The minimum Gasteiger partial charge on any atom is -0.333 e. The molecule has 8 heteroatoms. The molecule has 0 spiro atoms. The summed E-state index contributed by atoms with van der Waals surface area (Å²) in [6, 6.07) is 6.89. The van der Waals surface area contributed by atoms with E-state index >= 15 is 0 Å². The predicted octanol–water partition coefficient (Wildman–Crippen LogP) is 0.584. The minimum absolute atomic E-state index is 0.155. The summed E-state index contributed by atoms with van der Waals surface area (Å²) in [5.74, 6) is -0.509. The van der Waals surface area contributed by atoms with Crippen LogP contribution in [0.5, 0.6) is 0 Å². The maximum atomic E-state index is 12.9. The Labute approximate surface area is 143 Å². The van der Waals surface area contributed by atoms with Crippen LogP contribution in [0.4, 0.5) is 4.79 Å². The van der Waals surface area contributed by atoms with E-state index < -0.39 is 12.1 Å². The Balaban J connectivity index is 1.60. The number of hydrogen-bond donors (Lipinski definition) is 2. The molecule has 1 fully saturated rings. The number of amides is 4. The molecule has 3 aliphatic rings. The average Bonchev–Trinajstić information content (AvgIpc) is 3.02. The highest BCUT2D eigenvalue weighted by atomic mass is 32.2. The lowest BCUT2D eigenvalue weighted by molar-refractivity contribution is -0.128. The van der Waals surface area contributed by atoms with Crippen molar-refractivity contribution in [3.8, 4) is 0 Å². The van der Waals surface area contributed by atoms with E-state index in [-0.39, 0.29) is 11.8 Å². The summed E-state index contributed by atoms with van der Waals surface area (Å²) >= 11 is 1.11. The Bertz CT molecular complexity index is 791. The van der Waals surface area contributed by atoms with E-state index in [4.69, 9.17) is 0 Å². The van der Waals surface area contributed by atoms with Gasteiger partial charge in [-0.15, -0.1) is 0 Å². The Morgan fingerprint density at radius 2 is 2.00 bits per heavy atom. The predicted molar refractivity (Wildman–Crippen MR) is 88.4 cm³/mol. The van der Waals surface area contributed by atoms with E-state index in [1.54, 1.807) is 4.90 Å². The lowest BCUT2D eigenvalue weighted by Gasteiger charge is -2.30. The third kappa shape index (κ3) is 2.30. The molecule has 3 heterocycles. The van der Waals surface area contributed by atoms with Crippen molar-refractivity contribution in [2.45, 2.75) is 19.0 Å². The van der Waals surface area contributed by atoms with Crippen LogP contribution in [0.15, 0.2) is 34.9 Å². The van der Waals surface area contributed by atoms with Crippen LogP contribution >= 0.6 is 11.9 Å². The Morgan fingerprint density at radius 1 is 1.25 bits per heavy atom. The third-order valence-corrected chi connectivity index (χ3v) is 5.50. The molecule has 0 bridgehead atoms. The first kappa shape index (κ1) is 15.2. The van der Waals surface area contributed by atoms with E-state index in [0.717, 1.165) is 28.8 Å². The minimum atomic E-state index is -0.672. The smallest absolute Gasteiger partial charge is 0.328 e. The van der Waals surface area contributed by atoms with Crippen molar-refractivity contribution in [3.63, 3.8) is 0 Å². The van der Waals surface area contributed by atoms with Gasteiger partial charge in [-0.3, -0.25) is 14.5 Å². The van der Waals surface area contributed by atoms with Gasteiger partial charge in [0, 0.05) is 20.1 Å². The van der Waals surface area contributed by atoms with Crippen LogP contribution in [0.1, 0.15) is 11.1 Å². The van der Waals surface area contributed by atoms with Gasteiger partial charge in [0.2, 0.25) is 0 Å². The molecule has 1 aromatic carbocycles. The highest BCUT2D eigenvalue weighted by molar-refractivity contribution is 8.02. The van der Waals surface area contributed by atoms with Gasteiger partial charge in [-0.25, -0.2) is 9.52 Å². The van der Waals surface area contributed by atoms with Crippen molar-refractivity contribution in [2.24, 2.45) is 0 Å². The molecule has 2 N–H and O–H groups in total. The van der Waals surface area contributed by atoms with E-state index in [2.05, 4.69) is 16.1 Å². The Morgan fingerprint density at radius 3 is 2.79 bits per heavy atom. The number of carbonyl (C=O) groups excluding carboxylic acids is 3. The van der Waals surface area contributed by atoms with Crippen LogP contribution in [0, 0.1) is 0 Å². The fourth-order valence-corrected chi connectivity index (χ4v) is 4.08. The molecule has 1 unspecified atom stereocenters. The zero-order valence-corrected chi connectivity index (χ0v) is 13.9. The number of fused-ring (bicyclic) bond motifs is 2. The van der Waals surface area contributed by atoms with Gasteiger partial charge >= 0.3 is 6.03 Å². The summed E-state index contributed by atoms with van der Waals surface area (Å²) in [5.41, 5.74) is 2.77. The van der Waals surface area contributed by atoms with E-state index in [0.29, 0.717) is 23.7 Å². The monoisotopic (exact) mass is 344 g/mol. The van der Waals surface area contributed by atoms with Gasteiger partial charge in [-0.2, -0.15) is 0 Å². The summed E-state index contributed by atoms with van der Waals surface area (Å²) < 4.78 is 2.94. The molecule has 0 radical (unpaired) electrons. The molecule has 124 valence electrons. The molecule has 1 saturated heterocycles. The topological polar surface area (TPSA) is 81.8 Å². The highest BCUT2D eigenvalue weighted by Crippen LogP contribution is 2.32. The van der Waals surface area contributed by atoms with Crippen LogP contribution < -0.4 is 10.0 Å². The van der Waals surface area contributed by atoms with E-state index in [1.165, 1.54) is 12.6 Å². The van der Waals surface area contributed by atoms with Crippen molar-refractivity contribution in [1.82, 2.24) is 19.8 Å². The van der Waals surface area contributed by atoms with Gasteiger partial charge in [-0.05, 0) is 29.5 Å². The number of hydrogen-bond acceptors (Lipinski definition) is 5. The third-order valence-electron chi connectivity index (χ3n) is 4.55. The van der Waals surface area contributed by atoms with Crippen LogP contribution in [0.25, 0.3) is 0 Å².